The van der Waals surface area contributed by atoms with E-state index in [1.807, 2.05) is 24.3 Å². The Balaban J connectivity index is 2.05. The van der Waals surface area contributed by atoms with Gasteiger partial charge in [-0.3, -0.25) is 4.98 Å². The van der Waals surface area contributed by atoms with Crippen LogP contribution in [0.5, 0.6) is 0 Å². The molecule has 2 rings (SSSR count). The van der Waals surface area contributed by atoms with E-state index in [0.29, 0.717) is 0 Å². The van der Waals surface area contributed by atoms with E-state index in [4.69, 9.17) is 11.5 Å². The molecule has 82 valence electrons. The second-order valence-electron chi connectivity index (χ2n) is 3.45. The molecule has 0 bridgehead atoms. The molecule has 0 saturated carbocycles. The number of pyridine rings is 1. The third-order valence-corrected chi connectivity index (χ3v) is 3.32. The van der Waals surface area contributed by atoms with Crippen molar-refractivity contribution in [1.29, 1.82) is 0 Å². The number of aromatic nitrogens is 1. The summed E-state index contributed by atoms with van der Waals surface area (Å²) in [6.07, 6.45) is 3.42. The van der Waals surface area contributed by atoms with Gasteiger partial charge < -0.3 is 11.5 Å². The molecule has 1 aromatic carbocycles. The normalized spacial score (nSPS) is 10.2. The van der Waals surface area contributed by atoms with Gasteiger partial charge in [0.2, 0.25) is 0 Å². The summed E-state index contributed by atoms with van der Waals surface area (Å²) in [6, 6.07) is 9.80. The van der Waals surface area contributed by atoms with E-state index in [0.717, 1.165) is 22.0 Å². The third-order valence-electron chi connectivity index (χ3n) is 2.16. The van der Waals surface area contributed by atoms with Crippen molar-refractivity contribution in [3.8, 4) is 0 Å². The minimum Gasteiger partial charge on any atom is -0.399 e. The Hall–Kier alpha value is -1.68. The monoisotopic (exact) mass is 231 g/mol. The molecular weight excluding hydrogens is 218 g/mol. The lowest BCUT2D eigenvalue weighted by Gasteiger charge is -2.05. The van der Waals surface area contributed by atoms with Crippen molar-refractivity contribution in [1.82, 2.24) is 4.98 Å². The molecule has 4 N–H and O–H groups in total. The number of nitrogens with two attached hydrogens (primary N) is 2. The van der Waals surface area contributed by atoms with Gasteiger partial charge in [0.1, 0.15) is 0 Å². The van der Waals surface area contributed by atoms with Crippen LogP contribution in [0.25, 0.3) is 0 Å². The quantitative estimate of drug-likeness (QED) is 0.629. The van der Waals surface area contributed by atoms with Crippen LogP contribution in [0.4, 0.5) is 11.4 Å². The van der Waals surface area contributed by atoms with E-state index in [2.05, 4.69) is 11.1 Å². The molecule has 0 spiro atoms. The molecule has 0 aliphatic heterocycles. The van der Waals surface area contributed by atoms with Gasteiger partial charge >= 0.3 is 0 Å². The summed E-state index contributed by atoms with van der Waals surface area (Å²) in [6.45, 7) is 0. The zero-order valence-corrected chi connectivity index (χ0v) is 9.58. The van der Waals surface area contributed by atoms with E-state index in [1.54, 1.807) is 24.2 Å². The fourth-order valence-electron chi connectivity index (χ4n) is 1.37. The second kappa shape index (κ2) is 4.90. The summed E-state index contributed by atoms with van der Waals surface area (Å²) in [5, 5.41) is 0. The molecule has 0 amide bonds. The average Bonchev–Trinajstić information content (AvgIpc) is 2.28. The number of nitrogen functional groups attached to an aromatic ring is 2. The summed E-state index contributed by atoms with van der Waals surface area (Å²) in [5.74, 6) is 0.860. The average molecular weight is 231 g/mol. The highest BCUT2D eigenvalue weighted by molar-refractivity contribution is 7.98. The molecule has 0 unspecified atom stereocenters. The lowest BCUT2D eigenvalue weighted by atomic mass is 10.2. The van der Waals surface area contributed by atoms with Crippen molar-refractivity contribution in [3.63, 3.8) is 0 Å². The van der Waals surface area contributed by atoms with Crippen molar-refractivity contribution >= 4 is 23.1 Å². The number of nitrogens with zero attached hydrogens (tertiary/aromatic N) is 1. The number of rotatable bonds is 3. The Morgan fingerprint density at radius 1 is 1.19 bits per heavy atom. The van der Waals surface area contributed by atoms with Crippen LogP contribution in [0.2, 0.25) is 0 Å². The number of anilines is 2. The van der Waals surface area contributed by atoms with Crippen LogP contribution < -0.4 is 11.5 Å². The van der Waals surface area contributed by atoms with E-state index >= 15 is 0 Å². The molecule has 3 nitrogen and oxygen atoms in total. The maximum Gasteiger partial charge on any atom is 0.0638 e. The highest BCUT2D eigenvalue weighted by atomic mass is 32.2. The molecule has 0 atom stereocenters. The van der Waals surface area contributed by atoms with Gasteiger partial charge in [-0.15, -0.1) is 11.8 Å². The highest BCUT2D eigenvalue weighted by Crippen LogP contribution is 2.27. The summed E-state index contributed by atoms with van der Waals surface area (Å²) in [4.78, 5) is 5.01. The Bertz CT molecular complexity index is 485. The molecule has 1 aromatic heterocycles. The number of thioether (sulfide) groups is 1. The van der Waals surface area contributed by atoms with Crippen LogP contribution in [0.1, 0.15) is 5.56 Å². The van der Waals surface area contributed by atoms with Crippen LogP contribution in [-0.2, 0) is 5.75 Å². The standard InChI is InChI=1S/C12H13N3S/c13-10-3-1-2-9(6-10)8-16-12-4-5-15-7-11(12)14/h1-7H,8,13-14H2. The van der Waals surface area contributed by atoms with Gasteiger partial charge in [-0.25, -0.2) is 0 Å². The fourth-order valence-corrected chi connectivity index (χ4v) is 2.25. The lowest BCUT2D eigenvalue weighted by molar-refractivity contribution is 1.26. The van der Waals surface area contributed by atoms with E-state index in [1.165, 1.54) is 5.56 Å². The Morgan fingerprint density at radius 3 is 2.81 bits per heavy atom. The first-order chi connectivity index (χ1) is 7.75. The van der Waals surface area contributed by atoms with Gasteiger partial charge in [-0.1, -0.05) is 12.1 Å². The molecule has 16 heavy (non-hydrogen) atoms. The van der Waals surface area contributed by atoms with E-state index < -0.39 is 0 Å². The summed E-state index contributed by atoms with van der Waals surface area (Å²) in [5.41, 5.74) is 14.2. The van der Waals surface area contributed by atoms with Crippen molar-refractivity contribution in [2.45, 2.75) is 10.6 Å². The highest BCUT2D eigenvalue weighted by Gasteiger charge is 2.00. The lowest BCUT2D eigenvalue weighted by Crippen LogP contribution is -1.90. The number of hydrogen-bond donors (Lipinski definition) is 2. The van der Waals surface area contributed by atoms with Gasteiger partial charge in [0.25, 0.3) is 0 Å². The molecule has 0 aliphatic carbocycles. The van der Waals surface area contributed by atoms with Crippen LogP contribution in [0.15, 0.2) is 47.6 Å². The zero-order valence-electron chi connectivity index (χ0n) is 8.76. The van der Waals surface area contributed by atoms with Gasteiger partial charge in [-0.2, -0.15) is 0 Å². The molecule has 0 fully saturated rings. The minimum absolute atomic E-state index is 0.719. The fraction of sp³-hybridized carbons (Fsp3) is 0.0833. The predicted molar refractivity (Wildman–Crippen MR) is 69.1 cm³/mol. The van der Waals surface area contributed by atoms with Crippen LogP contribution >= 0.6 is 11.8 Å². The summed E-state index contributed by atoms with van der Waals surface area (Å²) < 4.78 is 0. The predicted octanol–water partition coefficient (Wildman–Crippen LogP) is 2.54. The van der Waals surface area contributed by atoms with Gasteiger partial charge in [0.05, 0.1) is 11.9 Å². The molecule has 2 aromatic rings. The van der Waals surface area contributed by atoms with E-state index in [9.17, 15) is 0 Å². The van der Waals surface area contributed by atoms with Crippen molar-refractivity contribution in [3.05, 3.63) is 48.3 Å². The molecule has 4 heteroatoms. The van der Waals surface area contributed by atoms with E-state index in [-0.39, 0.29) is 0 Å². The Morgan fingerprint density at radius 2 is 2.06 bits per heavy atom. The second-order valence-corrected chi connectivity index (χ2v) is 4.46. The number of hydrogen-bond acceptors (Lipinski definition) is 4. The summed E-state index contributed by atoms with van der Waals surface area (Å²) >= 11 is 1.69. The molecule has 0 saturated heterocycles. The van der Waals surface area contributed by atoms with Gasteiger partial charge in [-0.05, 0) is 23.8 Å². The maximum atomic E-state index is 5.81. The van der Waals surface area contributed by atoms with Crippen LogP contribution in [-0.4, -0.2) is 4.98 Å². The van der Waals surface area contributed by atoms with Gasteiger partial charge in [0.15, 0.2) is 0 Å². The Labute approximate surface area is 98.9 Å². The Kier molecular flexibility index (Phi) is 3.31. The minimum atomic E-state index is 0.719. The first kappa shape index (κ1) is 10.8. The van der Waals surface area contributed by atoms with Crippen molar-refractivity contribution < 1.29 is 0 Å². The van der Waals surface area contributed by atoms with Crippen molar-refractivity contribution in [2.75, 3.05) is 11.5 Å². The maximum absolute atomic E-state index is 5.81. The summed E-state index contributed by atoms with van der Waals surface area (Å²) in [7, 11) is 0. The van der Waals surface area contributed by atoms with Crippen molar-refractivity contribution in [2.24, 2.45) is 0 Å². The molecule has 1 heterocycles. The molecular formula is C12H13N3S. The van der Waals surface area contributed by atoms with Gasteiger partial charge in [0, 0.05) is 22.5 Å². The smallest absolute Gasteiger partial charge is 0.0638 e. The first-order valence-corrected chi connectivity index (χ1v) is 5.91. The zero-order chi connectivity index (χ0) is 11.4. The molecule has 0 radical (unpaired) electrons. The van der Waals surface area contributed by atoms with Crippen LogP contribution in [0, 0.1) is 0 Å². The third kappa shape index (κ3) is 2.67. The number of benzene rings is 1. The van der Waals surface area contributed by atoms with Crippen LogP contribution in [0.3, 0.4) is 0 Å². The topological polar surface area (TPSA) is 64.9 Å². The SMILES string of the molecule is Nc1cccc(CSc2ccncc2N)c1. The first-order valence-electron chi connectivity index (χ1n) is 4.92. The largest absolute Gasteiger partial charge is 0.399 e. The molecule has 0 aliphatic rings.